The fourth-order valence-electron chi connectivity index (χ4n) is 6.40. The van der Waals surface area contributed by atoms with Gasteiger partial charge in [-0.25, -0.2) is 13.1 Å². The van der Waals surface area contributed by atoms with Crippen LogP contribution in [0.4, 0.5) is 14.5 Å². The van der Waals surface area contributed by atoms with Gasteiger partial charge in [-0.2, -0.15) is 9.40 Å². The van der Waals surface area contributed by atoms with E-state index in [-0.39, 0.29) is 41.1 Å². The number of benzene rings is 3. The van der Waals surface area contributed by atoms with Crippen LogP contribution in [0.3, 0.4) is 0 Å². The first-order valence-corrected chi connectivity index (χ1v) is 16.2. The van der Waals surface area contributed by atoms with Crippen molar-refractivity contribution in [3.05, 3.63) is 88.8 Å². The molecular formula is C32H31F2N5O5S. The van der Waals surface area contributed by atoms with Crippen LogP contribution in [-0.4, -0.2) is 53.0 Å². The van der Waals surface area contributed by atoms with Crippen LogP contribution >= 0.6 is 0 Å². The molecule has 0 aliphatic carbocycles. The van der Waals surface area contributed by atoms with E-state index in [0.29, 0.717) is 24.9 Å². The highest BCUT2D eigenvalue weighted by Crippen LogP contribution is 2.42. The van der Waals surface area contributed by atoms with E-state index in [1.807, 2.05) is 66.2 Å². The number of para-hydroxylation sites is 2. The van der Waals surface area contributed by atoms with E-state index < -0.39 is 16.3 Å². The molecule has 45 heavy (non-hydrogen) atoms. The monoisotopic (exact) mass is 635 g/mol. The molecule has 1 fully saturated rings. The Labute approximate surface area is 258 Å². The zero-order valence-electron chi connectivity index (χ0n) is 24.7. The fourth-order valence-corrected chi connectivity index (χ4v) is 7.88. The van der Waals surface area contributed by atoms with Crippen LogP contribution in [0.2, 0.25) is 0 Å². The third-order valence-corrected chi connectivity index (χ3v) is 10.6. The van der Waals surface area contributed by atoms with E-state index in [9.17, 15) is 22.0 Å². The van der Waals surface area contributed by atoms with Gasteiger partial charge in [0, 0.05) is 54.7 Å². The summed E-state index contributed by atoms with van der Waals surface area (Å²) >= 11 is 0. The van der Waals surface area contributed by atoms with Gasteiger partial charge in [-0.15, -0.1) is 8.78 Å². The lowest BCUT2D eigenvalue weighted by atomic mass is 10.1. The van der Waals surface area contributed by atoms with E-state index in [4.69, 9.17) is 5.10 Å². The van der Waals surface area contributed by atoms with E-state index in [0.717, 1.165) is 46.3 Å². The number of alkyl halides is 2. The van der Waals surface area contributed by atoms with Crippen molar-refractivity contribution in [2.45, 2.75) is 43.5 Å². The smallest absolute Gasteiger partial charge is 0.395 e. The second-order valence-corrected chi connectivity index (χ2v) is 13.2. The normalized spacial score (nSPS) is 16.9. The number of halogens is 2. The topological polar surface area (TPSA) is 98.9 Å². The van der Waals surface area contributed by atoms with Gasteiger partial charge in [-0.3, -0.25) is 4.79 Å². The number of fused-ring (bicyclic) bond motifs is 4. The molecule has 4 heterocycles. The summed E-state index contributed by atoms with van der Waals surface area (Å²) in [6.07, 6.45) is -3.15. The summed E-state index contributed by atoms with van der Waals surface area (Å²) in [4.78, 5) is 16.1. The average molecular weight is 636 g/mol. The van der Waals surface area contributed by atoms with Crippen LogP contribution < -0.4 is 19.9 Å². The number of anilines is 1. The zero-order chi connectivity index (χ0) is 31.5. The first-order valence-electron chi connectivity index (χ1n) is 14.8. The standard InChI is InChI=1S/C32H31F2N5O5S/c1-3-37(21-9-5-4-6-10-21)20-25-29-24-11-7-8-12-26(24)36(2)30(29)31(40)39(35-25)22-15-17-38(18-16-22)45(41,42)23-13-14-27-28(19-23)44-32(33,34)43-27/h4-14,19,22H,3,15-18,20H2,1-2H3. The van der Waals surface area contributed by atoms with Gasteiger partial charge in [0.15, 0.2) is 11.5 Å². The molecule has 3 aromatic carbocycles. The molecule has 2 aliphatic heterocycles. The lowest BCUT2D eigenvalue weighted by Gasteiger charge is -2.32. The number of aryl methyl sites for hydroxylation is 1. The Balaban J connectivity index is 1.22. The minimum atomic E-state index is -4.02. The minimum Gasteiger partial charge on any atom is -0.395 e. The van der Waals surface area contributed by atoms with Gasteiger partial charge in [0.2, 0.25) is 10.0 Å². The molecule has 0 saturated carbocycles. The maximum Gasteiger partial charge on any atom is 0.586 e. The van der Waals surface area contributed by atoms with Crippen molar-refractivity contribution < 1.29 is 26.7 Å². The molecule has 13 heteroatoms. The highest BCUT2D eigenvalue weighted by molar-refractivity contribution is 7.89. The van der Waals surface area contributed by atoms with Crippen LogP contribution in [0.15, 0.2) is 82.5 Å². The van der Waals surface area contributed by atoms with Crippen molar-refractivity contribution in [2.75, 3.05) is 24.5 Å². The van der Waals surface area contributed by atoms with Crippen molar-refractivity contribution >= 4 is 37.5 Å². The Morgan fingerprint density at radius 1 is 0.978 bits per heavy atom. The molecule has 234 valence electrons. The van der Waals surface area contributed by atoms with Gasteiger partial charge >= 0.3 is 6.29 Å². The molecule has 2 aromatic heterocycles. The number of aromatic nitrogens is 3. The first-order chi connectivity index (χ1) is 21.6. The van der Waals surface area contributed by atoms with Crippen molar-refractivity contribution in [1.29, 1.82) is 0 Å². The molecule has 7 rings (SSSR count). The maximum atomic E-state index is 14.1. The second-order valence-electron chi connectivity index (χ2n) is 11.3. The Morgan fingerprint density at radius 2 is 1.67 bits per heavy atom. The predicted octanol–water partition coefficient (Wildman–Crippen LogP) is 5.26. The predicted molar refractivity (Wildman–Crippen MR) is 165 cm³/mol. The summed E-state index contributed by atoms with van der Waals surface area (Å²) in [5, 5.41) is 6.75. The Bertz CT molecular complexity index is 2090. The van der Waals surface area contributed by atoms with Crippen molar-refractivity contribution in [1.82, 2.24) is 18.7 Å². The number of hydrogen-bond acceptors (Lipinski definition) is 7. The van der Waals surface area contributed by atoms with Crippen molar-refractivity contribution in [2.24, 2.45) is 7.05 Å². The SMILES string of the molecule is CCN(Cc1nn(C2CCN(S(=O)(=O)c3ccc4c(c3)OC(F)(F)O4)CC2)c(=O)c2c1c1ccccc1n2C)c1ccccc1. The minimum absolute atomic E-state index is 0.124. The van der Waals surface area contributed by atoms with Gasteiger partial charge in [0.1, 0.15) is 5.52 Å². The van der Waals surface area contributed by atoms with Gasteiger partial charge < -0.3 is 18.9 Å². The van der Waals surface area contributed by atoms with Crippen LogP contribution in [0.25, 0.3) is 21.8 Å². The van der Waals surface area contributed by atoms with Gasteiger partial charge in [-0.1, -0.05) is 36.4 Å². The quantitative estimate of drug-likeness (QED) is 0.241. The molecular weight excluding hydrogens is 604 g/mol. The van der Waals surface area contributed by atoms with E-state index in [2.05, 4.69) is 21.3 Å². The molecule has 0 amide bonds. The van der Waals surface area contributed by atoms with E-state index in [1.165, 1.54) is 15.1 Å². The van der Waals surface area contributed by atoms with Crippen LogP contribution in [0, 0.1) is 0 Å². The summed E-state index contributed by atoms with van der Waals surface area (Å²) in [7, 11) is -2.14. The van der Waals surface area contributed by atoms with E-state index in [1.54, 1.807) is 0 Å². The summed E-state index contributed by atoms with van der Waals surface area (Å²) in [6, 6.07) is 21.0. The van der Waals surface area contributed by atoms with Gasteiger partial charge in [0.25, 0.3) is 5.56 Å². The zero-order valence-corrected chi connectivity index (χ0v) is 25.5. The largest absolute Gasteiger partial charge is 0.586 e. The summed E-state index contributed by atoms with van der Waals surface area (Å²) in [5.74, 6) is -0.560. The summed E-state index contributed by atoms with van der Waals surface area (Å²) in [6.45, 7) is 3.52. The first kappa shape index (κ1) is 29.2. The summed E-state index contributed by atoms with van der Waals surface area (Å²) in [5.41, 5.74) is 3.05. The number of piperidine rings is 1. The lowest BCUT2D eigenvalue weighted by molar-refractivity contribution is -0.286. The molecule has 0 N–H and O–H groups in total. The van der Waals surface area contributed by atoms with Crippen LogP contribution in [0.1, 0.15) is 31.5 Å². The second kappa shape index (κ2) is 10.8. The van der Waals surface area contributed by atoms with E-state index >= 15 is 0 Å². The molecule has 0 bridgehead atoms. The van der Waals surface area contributed by atoms with Crippen molar-refractivity contribution in [3.8, 4) is 11.5 Å². The Kier molecular flexibility index (Phi) is 7.04. The molecule has 5 aromatic rings. The van der Waals surface area contributed by atoms with Gasteiger partial charge in [0.05, 0.1) is 23.2 Å². The molecule has 0 spiro atoms. The molecule has 1 saturated heterocycles. The lowest BCUT2D eigenvalue weighted by Crippen LogP contribution is -2.42. The van der Waals surface area contributed by atoms with Crippen LogP contribution in [-0.2, 0) is 23.6 Å². The molecule has 0 atom stereocenters. The highest BCUT2D eigenvalue weighted by Gasteiger charge is 2.44. The van der Waals surface area contributed by atoms with Gasteiger partial charge in [-0.05, 0) is 50.1 Å². The van der Waals surface area contributed by atoms with Crippen LogP contribution in [0.5, 0.6) is 11.5 Å². The molecule has 0 unspecified atom stereocenters. The number of hydrogen-bond donors (Lipinski definition) is 0. The number of rotatable bonds is 7. The maximum absolute atomic E-state index is 14.1. The number of nitrogens with zero attached hydrogens (tertiary/aromatic N) is 5. The number of sulfonamides is 1. The average Bonchev–Trinajstić information content (AvgIpc) is 3.53. The summed E-state index contributed by atoms with van der Waals surface area (Å²) < 4.78 is 67.5. The molecule has 0 radical (unpaired) electrons. The molecule has 10 nitrogen and oxygen atoms in total. The van der Waals surface area contributed by atoms with Crippen molar-refractivity contribution in [3.63, 3.8) is 0 Å². The Hall–Kier alpha value is -4.49. The molecule has 2 aliphatic rings. The fraction of sp³-hybridized carbons (Fsp3) is 0.312. The third kappa shape index (κ3) is 4.99. The number of ether oxygens (including phenoxy) is 2. The highest BCUT2D eigenvalue weighted by atomic mass is 32.2. The Morgan fingerprint density at radius 3 is 2.40 bits per heavy atom. The third-order valence-electron chi connectivity index (χ3n) is 8.66.